The SMILES string of the molecule is CC(C)(C)OC(=O)N1C[C@@H]2C(C(=O)CC(C)(C)c3nc(C4CC4)c4c(F)cccn34)[C@@H]2C1. The number of ketones is 1. The zero-order valence-electron chi connectivity index (χ0n) is 19.5. The number of likely N-dealkylation sites (tertiary alicyclic amines) is 1. The minimum absolute atomic E-state index is 0.00109. The highest BCUT2D eigenvalue weighted by Crippen LogP contribution is 2.54. The highest BCUT2D eigenvalue weighted by atomic mass is 19.1. The fourth-order valence-electron chi connectivity index (χ4n) is 5.36. The van der Waals surface area contributed by atoms with Gasteiger partial charge in [0, 0.05) is 43.0 Å². The van der Waals surface area contributed by atoms with E-state index in [0.717, 1.165) is 24.4 Å². The molecule has 6 nitrogen and oxygen atoms in total. The van der Waals surface area contributed by atoms with Crippen molar-refractivity contribution in [2.75, 3.05) is 13.1 Å². The maximum atomic E-state index is 14.6. The summed E-state index contributed by atoms with van der Waals surface area (Å²) >= 11 is 0. The largest absolute Gasteiger partial charge is 0.444 e. The van der Waals surface area contributed by atoms with Crippen LogP contribution in [0.5, 0.6) is 0 Å². The van der Waals surface area contributed by atoms with Gasteiger partial charge in [0.2, 0.25) is 0 Å². The molecule has 7 heteroatoms. The monoisotopic (exact) mass is 441 g/mol. The van der Waals surface area contributed by atoms with Crippen LogP contribution in [0.1, 0.15) is 71.3 Å². The van der Waals surface area contributed by atoms with Crippen LogP contribution in [-0.4, -0.2) is 44.9 Å². The van der Waals surface area contributed by atoms with E-state index < -0.39 is 11.0 Å². The quantitative estimate of drug-likeness (QED) is 0.675. The molecule has 2 aliphatic carbocycles. The molecule has 0 spiro atoms. The van der Waals surface area contributed by atoms with Crippen molar-refractivity contribution in [1.82, 2.24) is 14.3 Å². The molecule has 2 aromatic heterocycles. The molecular formula is C25H32FN3O3. The Labute approximate surface area is 188 Å². The minimum Gasteiger partial charge on any atom is -0.444 e. The molecule has 1 aliphatic heterocycles. The van der Waals surface area contributed by atoms with E-state index in [4.69, 9.17) is 9.72 Å². The Kier molecular flexibility index (Phi) is 4.70. The summed E-state index contributed by atoms with van der Waals surface area (Å²) < 4.78 is 21.9. The number of rotatable bonds is 5. The second-order valence-corrected chi connectivity index (χ2v) is 11.4. The molecule has 2 saturated carbocycles. The Morgan fingerprint density at radius 3 is 2.41 bits per heavy atom. The topological polar surface area (TPSA) is 63.9 Å². The molecule has 5 rings (SSSR count). The molecule has 3 aliphatic rings. The lowest BCUT2D eigenvalue weighted by atomic mass is 9.84. The molecule has 3 heterocycles. The predicted molar refractivity (Wildman–Crippen MR) is 118 cm³/mol. The number of amides is 1. The fraction of sp³-hybridized carbons (Fsp3) is 0.640. The first-order chi connectivity index (χ1) is 15.0. The van der Waals surface area contributed by atoms with Gasteiger partial charge in [-0.25, -0.2) is 14.2 Å². The van der Waals surface area contributed by atoms with Gasteiger partial charge < -0.3 is 14.0 Å². The highest BCUT2D eigenvalue weighted by molar-refractivity contribution is 5.86. The second-order valence-electron chi connectivity index (χ2n) is 11.4. The van der Waals surface area contributed by atoms with E-state index in [1.165, 1.54) is 6.07 Å². The van der Waals surface area contributed by atoms with E-state index in [2.05, 4.69) is 0 Å². The van der Waals surface area contributed by atoms with Crippen LogP contribution in [0.3, 0.4) is 0 Å². The van der Waals surface area contributed by atoms with Crippen molar-refractivity contribution in [3.8, 4) is 0 Å². The number of carbonyl (C=O) groups excluding carboxylic acids is 2. The number of hydrogen-bond acceptors (Lipinski definition) is 4. The van der Waals surface area contributed by atoms with Crippen LogP contribution < -0.4 is 0 Å². The van der Waals surface area contributed by atoms with E-state index in [1.54, 1.807) is 11.0 Å². The molecule has 3 fully saturated rings. The maximum Gasteiger partial charge on any atom is 0.410 e. The Balaban J connectivity index is 1.28. The molecule has 0 radical (unpaired) electrons. The molecule has 1 unspecified atom stereocenters. The molecule has 1 saturated heterocycles. The van der Waals surface area contributed by atoms with Gasteiger partial charge in [-0.1, -0.05) is 13.8 Å². The lowest BCUT2D eigenvalue weighted by Gasteiger charge is -2.26. The summed E-state index contributed by atoms with van der Waals surface area (Å²) in [5.41, 5.74) is 0.356. The van der Waals surface area contributed by atoms with Crippen molar-refractivity contribution in [3.63, 3.8) is 0 Å². The van der Waals surface area contributed by atoms with Crippen LogP contribution in [0.2, 0.25) is 0 Å². The molecule has 3 atom stereocenters. The zero-order valence-corrected chi connectivity index (χ0v) is 19.5. The normalized spacial score (nSPS) is 25.2. The average Bonchev–Trinajstić information content (AvgIpc) is 3.55. The van der Waals surface area contributed by atoms with Gasteiger partial charge in [0.15, 0.2) is 0 Å². The van der Waals surface area contributed by atoms with Crippen molar-refractivity contribution >= 4 is 17.4 Å². The van der Waals surface area contributed by atoms with Gasteiger partial charge in [0.05, 0.1) is 5.69 Å². The molecule has 1 amide bonds. The third-order valence-electron chi connectivity index (χ3n) is 7.05. The number of nitrogens with zero attached hydrogens (tertiary/aromatic N) is 3. The summed E-state index contributed by atoms with van der Waals surface area (Å²) in [6.07, 6.45) is 3.99. The number of hydrogen-bond donors (Lipinski definition) is 0. The van der Waals surface area contributed by atoms with Gasteiger partial charge in [0.1, 0.15) is 28.5 Å². The lowest BCUT2D eigenvalue weighted by molar-refractivity contribution is -0.122. The zero-order chi connectivity index (χ0) is 23.0. The highest BCUT2D eigenvalue weighted by Gasteiger charge is 2.60. The van der Waals surface area contributed by atoms with Crippen LogP contribution in [0.4, 0.5) is 9.18 Å². The van der Waals surface area contributed by atoms with Gasteiger partial charge in [-0.15, -0.1) is 0 Å². The van der Waals surface area contributed by atoms with Crippen molar-refractivity contribution in [1.29, 1.82) is 0 Å². The number of Topliss-reactive ketones (excluding diaryl/α,β-unsaturated/α-hetero) is 1. The van der Waals surface area contributed by atoms with Gasteiger partial charge in [0.25, 0.3) is 0 Å². The Morgan fingerprint density at radius 1 is 1.16 bits per heavy atom. The fourth-order valence-corrected chi connectivity index (χ4v) is 5.36. The number of aromatic nitrogens is 2. The van der Waals surface area contributed by atoms with E-state index >= 15 is 0 Å². The summed E-state index contributed by atoms with van der Waals surface area (Å²) in [5, 5.41) is 0. The smallest absolute Gasteiger partial charge is 0.410 e. The summed E-state index contributed by atoms with van der Waals surface area (Å²) in [7, 11) is 0. The molecule has 0 aromatic carbocycles. The number of fused-ring (bicyclic) bond motifs is 2. The lowest BCUT2D eigenvalue weighted by Crippen LogP contribution is -2.38. The maximum absolute atomic E-state index is 14.6. The van der Waals surface area contributed by atoms with Gasteiger partial charge in [-0.2, -0.15) is 0 Å². The van der Waals surface area contributed by atoms with E-state index in [9.17, 15) is 14.0 Å². The second kappa shape index (κ2) is 7.03. The Morgan fingerprint density at radius 2 is 1.81 bits per heavy atom. The van der Waals surface area contributed by atoms with Crippen molar-refractivity contribution in [2.45, 2.75) is 70.8 Å². The first-order valence-corrected chi connectivity index (χ1v) is 11.6. The predicted octanol–water partition coefficient (Wildman–Crippen LogP) is 4.70. The molecule has 0 N–H and O–H groups in total. The number of piperidine rings is 1. The molecular weight excluding hydrogens is 409 g/mol. The number of carbonyl (C=O) groups is 2. The van der Waals surface area contributed by atoms with Crippen LogP contribution in [0.25, 0.3) is 5.52 Å². The van der Waals surface area contributed by atoms with Crippen molar-refractivity contribution in [3.05, 3.63) is 35.7 Å². The molecule has 32 heavy (non-hydrogen) atoms. The first-order valence-electron chi connectivity index (χ1n) is 11.6. The van der Waals surface area contributed by atoms with Crippen LogP contribution in [0, 0.1) is 23.6 Å². The number of imidazole rings is 1. The van der Waals surface area contributed by atoms with Gasteiger partial charge in [-0.05, 0) is 57.6 Å². The van der Waals surface area contributed by atoms with Crippen LogP contribution in [0.15, 0.2) is 18.3 Å². The first kappa shape index (κ1) is 21.4. The summed E-state index contributed by atoms with van der Waals surface area (Å²) in [6, 6.07) is 3.17. The van der Waals surface area contributed by atoms with E-state index in [1.807, 2.05) is 45.2 Å². The average molecular weight is 442 g/mol. The van der Waals surface area contributed by atoms with E-state index in [-0.39, 0.29) is 35.4 Å². The number of halogens is 1. The molecule has 0 bridgehead atoms. The minimum atomic E-state index is -0.519. The Hall–Kier alpha value is -2.44. The van der Waals surface area contributed by atoms with Gasteiger partial charge in [-0.3, -0.25) is 4.79 Å². The van der Waals surface area contributed by atoms with E-state index in [0.29, 0.717) is 30.9 Å². The van der Waals surface area contributed by atoms with Crippen molar-refractivity contribution < 1.29 is 18.7 Å². The molecule has 2 aromatic rings. The summed E-state index contributed by atoms with van der Waals surface area (Å²) in [4.78, 5) is 32.1. The standard InChI is InChI=1S/C25H32FN3O3/c1-24(2,3)32-23(31)28-12-15-16(13-28)19(15)18(30)11-25(4,5)22-27-20(14-8-9-14)21-17(26)7-6-10-29(21)22/h6-7,10,14-16,19H,8-9,11-13H2,1-5H3/t15-,16+,19?. The number of pyridine rings is 1. The summed E-state index contributed by atoms with van der Waals surface area (Å²) in [6.45, 7) is 10.8. The van der Waals surface area contributed by atoms with Gasteiger partial charge >= 0.3 is 6.09 Å². The van der Waals surface area contributed by atoms with Crippen LogP contribution in [-0.2, 0) is 14.9 Å². The third kappa shape index (κ3) is 3.69. The molecule has 172 valence electrons. The van der Waals surface area contributed by atoms with Crippen molar-refractivity contribution in [2.24, 2.45) is 17.8 Å². The third-order valence-corrected chi connectivity index (χ3v) is 7.05. The van der Waals surface area contributed by atoms with Crippen LogP contribution >= 0.6 is 0 Å². The Bertz CT molecular complexity index is 1080. The summed E-state index contributed by atoms with van der Waals surface area (Å²) in [5.74, 6) is 1.49. The number of ether oxygens (including phenoxy) is 1.